The third kappa shape index (κ3) is 4.49. The Morgan fingerprint density at radius 1 is 1.03 bits per heavy atom. The van der Waals surface area contributed by atoms with Crippen LogP contribution in [0.5, 0.6) is 11.5 Å². The van der Waals surface area contributed by atoms with Crippen molar-refractivity contribution in [1.82, 2.24) is 5.32 Å². The van der Waals surface area contributed by atoms with E-state index in [0.717, 1.165) is 31.2 Å². The van der Waals surface area contributed by atoms with E-state index < -0.39 is 5.91 Å². The molecule has 0 bridgehead atoms. The average molecular weight is 411 g/mol. The van der Waals surface area contributed by atoms with Crippen LogP contribution in [0.15, 0.2) is 36.4 Å². The molecule has 1 heterocycles. The van der Waals surface area contributed by atoms with Gasteiger partial charge >= 0.3 is 0 Å². The molecule has 158 valence electrons. The molecule has 5 N–H and O–H groups in total. The van der Waals surface area contributed by atoms with Crippen molar-refractivity contribution in [3.63, 3.8) is 0 Å². The van der Waals surface area contributed by atoms with Gasteiger partial charge in [0, 0.05) is 23.8 Å². The summed E-state index contributed by atoms with van der Waals surface area (Å²) in [5, 5.41) is 16.0. The van der Waals surface area contributed by atoms with Gasteiger partial charge < -0.3 is 30.9 Å². The smallest absolute Gasteiger partial charge is 0.253 e. The van der Waals surface area contributed by atoms with E-state index in [-0.39, 0.29) is 30.4 Å². The van der Waals surface area contributed by atoms with Crippen LogP contribution in [0.1, 0.15) is 52.0 Å². The van der Waals surface area contributed by atoms with Gasteiger partial charge in [-0.05, 0) is 61.6 Å². The van der Waals surface area contributed by atoms with Crippen molar-refractivity contribution in [3.8, 4) is 11.5 Å². The molecule has 1 saturated carbocycles. The Morgan fingerprint density at radius 2 is 1.80 bits per heavy atom. The number of nitrogens with two attached hydrogens (primary N) is 1. The van der Waals surface area contributed by atoms with Crippen molar-refractivity contribution in [2.45, 2.75) is 44.4 Å². The van der Waals surface area contributed by atoms with Gasteiger partial charge in [-0.25, -0.2) is 0 Å². The molecule has 2 amide bonds. The lowest BCUT2D eigenvalue weighted by atomic mass is 9.92. The van der Waals surface area contributed by atoms with Crippen LogP contribution in [0.25, 0.3) is 0 Å². The molecule has 2 aromatic rings. The molecule has 8 heteroatoms. The first kappa shape index (κ1) is 20.0. The largest absolute Gasteiger partial charge is 0.454 e. The molecule has 8 nitrogen and oxygen atoms in total. The minimum absolute atomic E-state index is 0.160. The van der Waals surface area contributed by atoms with E-state index in [9.17, 15) is 14.7 Å². The number of aliphatic hydroxyl groups excluding tert-OH is 1. The number of fused-ring (bicyclic) bond motifs is 1. The number of ether oxygens (including phenoxy) is 2. The highest BCUT2D eigenvalue weighted by Gasteiger charge is 2.22. The summed E-state index contributed by atoms with van der Waals surface area (Å²) in [6.07, 6.45) is 2.82. The number of amides is 2. The number of carbonyl (C=O) groups excluding carboxylic acids is 2. The zero-order valence-electron chi connectivity index (χ0n) is 16.5. The Kier molecular flexibility index (Phi) is 5.76. The number of hydrogen-bond donors (Lipinski definition) is 4. The Balaban J connectivity index is 1.49. The van der Waals surface area contributed by atoms with Gasteiger partial charge in [-0.2, -0.15) is 0 Å². The van der Waals surface area contributed by atoms with Crippen LogP contribution < -0.4 is 25.8 Å². The third-order valence-electron chi connectivity index (χ3n) is 5.50. The minimum atomic E-state index is -0.591. The monoisotopic (exact) mass is 411 g/mol. The van der Waals surface area contributed by atoms with Crippen LogP contribution in [-0.4, -0.2) is 35.9 Å². The summed E-state index contributed by atoms with van der Waals surface area (Å²) in [5.41, 5.74) is 7.55. The van der Waals surface area contributed by atoms with Crippen LogP contribution in [0, 0.1) is 0 Å². The minimum Gasteiger partial charge on any atom is -0.454 e. The number of rotatable bonds is 6. The summed E-state index contributed by atoms with van der Waals surface area (Å²) in [6, 6.07) is 10.5. The molecular weight excluding hydrogens is 386 g/mol. The quantitative estimate of drug-likeness (QED) is 0.578. The maximum Gasteiger partial charge on any atom is 0.253 e. The molecular formula is C22H25N3O5. The van der Waals surface area contributed by atoms with Crippen LogP contribution >= 0.6 is 0 Å². The van der Waals surface area contributed by atoms with Crippen LogP contribution in [-0.2, 0) is 6.54 Å². The standard InChI is InChI=1S/C22H25N3O5/c23-21(27)14-2-7-18(25-15-3-5-16(26)6-4-15)17(10-14)22(28)24-11-13-1-8-19-20(9-13)30-12-29-19/h1-2,7-10,15-16,25-26H,3-6,11-12H2,(H2,23,27)(H,24,28)/t15-,16-. The van der Waals surface area contributed by atoms with Crippen LogP contribution in [0.3, 0.4) is 0 Å². The zero-order chi connectivity index (χ0) is 21.1. The lowest BCUT2D eigenvalue weighted by molar-refractivity contribution is 0.0951. The first-order chi connectivity index (χ1) is 14.5. The van der Waals surface area contributed by atoms with Gasteiger partial charge in [0.15, 0.2) is 11.5 Å². The summed E-state index contributed by atoms with van der Waals surface area (Å²) in [6.45, 7) is 0.490. The van der Waals surface area contributed by atoms with Crippen molar-refractivity contribution >= 4 is 17.5 Å². The second-order valence-electron chi connectivity index (χ2n) is 7.64. The van der Waals surface area contributed by atoms with E-state index in [1.807, 2.05) is 18.2 Å². The lowest BCUT2D eigenvalue weighted by Gasteiger charge is -2.28. The van der Waals surface area contributed by atoms with Gasteiger partial charge in [-0.15, -0.1) is 0 Å². The number of carbonyl (C=O) groups is 2. The van der Waals surface area contributed by atoms with E-state index in [1.54, 1.807) is 12.1 Å². The molecule has 0 saturated heterocycles. The first-order valence-corrected chi connectivity index (χ1v) is 10.0. The van der Waals surface area contributed by atoms with Crippen LogP contribution in [0.4, 0.5) is 5.69 Å². The predicted molar refractivity (Wildman–Crippen MR) is 111 cm³/mol. The molecule has 0 radical (unpaired) electrons. The van der Waals surface area contributed by atoms with Crippen molar-refractivity contribution < 1.29 is 24.2 Å². The summed E-state index contributed by atoms with van der Waals surface area (Å²) in [7, 11) is 0. The number of primary amides is 1. The van der Waals surface area contributed by atoms with Gasteiger partial charge in [0.25, 0.3) is 5.91 Å². The number of hydrogen-bond acceptors (Lipinski definition) is 6. The maximum atomic E-state index is 12.9. The second-order valence-corrected chi connectivity index (χ2v) is 7.64. The normalized spacial score (nSPS) is 19.9. The predicted octanol–water partition coefficient (Wildman–Crippen LogP) is 2.16. The maximum absolute atomic E-state index is 12.9. The van der Waals surface area contributed by atoms with Gasteiger partial charge in [-0.1, -0.05) is 6.07 Å². The number of benzene rings is 2. The molecule has 1 fully saturated rings. The molecule has 2 aromatic carbocycles. The van der Waals surface area contributed by atoms with Gasteiger partial charge in [0.2, 0.25) is 12.7 Å². The Bertz CT molecular complexity index is 954. The number of nitrogens with one attached hydrogen (secondary N) is 2. The average Bonchev–Trinajstić information content (AvgIpc) is 3.21. The fourth-order valence-corrected chi connectivity index (χ4v) is 3.78. The summed E-state index contributed by atoms with van der Waals surface area (Å²) in [5.74, 6) is 0.434. The van der Waals surface area contributed by atoms with Crippen molar-refractivity contribution in [3.05, 3.63) is 53.1 Å². The van der Waals surface area contributed by atoms with Crippen molar-refractivity contribution in [2.75, 3.05) is 12.1 Å². The van der Waals surface area contributed by atoms with Gasteiger partial charge in [-0.3, -0.25) is 9.59 Å². The third-order valence-corrected chi connectivity index (χ3v) is 5.50. The number of anilines is 1. The fraction of sp³-hybridized carbons (Fsp3) is 0.364. The molecule has 0 spiro atoms. The summed E-state index contributed by atoms with van der Waals surface area (Å²) < 4.78 is 10.7. The Morgan fingerprint density at radius 3 is 2.57 bits per heavy atom. The van der Waals surface area contributed by atoms with Crippen molar-refractivity contribution in [2.24, 2.45) is 5.73 Å². The molecule has 1 aliphatic carbocycles. The van der Waals surface area contributed by atoms with E-state index in [4.69, 9.17) is 15.2 Å². The molecule has 0 aromatic heterocycles. The highest BCUT2D eigenvalue weighted by molar-refractivity contribution is 6.03. The first-order valence-electron chi connectivity index (χ1n) is 10.0. The van der Waals surface area contributed by atoms with E-state index in [0.29, 0.717) is 29.3 Å². The molecule has 2 aliphatic rings. The van der Waals surface area contributed by atoms with E-state index >= 15 is 0 Å². The molecule has 4 rings (SSSR count). The molecule has 0 unspecified atom stereocenters. The zero-order valence-corrected chi connectivity index (χ0v) is 16.5. The highest BCUT2D eigenvalue weighted by Crippen LogP contribution is 2.32. The fourth-order valence-electron chi connectivity index (χ4n) is 3.78. The Labute approximate surface area is 174 Å². The van der Waals surface area contributed by atoms with Gasteiger partial charge in [0.1, 0.15) is 0 Å². The topological polar surface area (TPSA) is 123 Å². The highest BCUT2D eigenvalue weighted by atomic mass is 16.7. The SMILES string of the molecule is NC(=O)c1ccc(N[C@H]2CC[C@H](O)CC2)c(C(=O)NCc2ccc3c(c2)OCO3)c1. The molecule has 30 heavy (non-hydrogen) atoms. The second kappa shape index (κ2) is 8.62. The Hall–Kier alpha value is -3.26. The van der Waals surface area contributed by atoms with E-state index in [1.165, 1.54) is 6.07 Å². The lowest BCUT2D eigenvalue weighted by Crippen LogP contribution is -2.30. The summed E-state index contributed by atoms with van der Waals surface area (Å²) >= 11 is 0. The molecule has 0 atom stereocenters. The van der Waals surface area contributed by atoms with Crippen molar-refractivity contribution in [1.29, 1.82) is 0 Å². The molecule has 1 aliphatic heterocycles. The van der Waals surface area contributed by atoms with Crippen LogP contribution in [0.2, 0.25) is 0 Å². The summed E-state index contributed by atoms with van der Waals surface area (Å²) in [4.78, 5) is 24.6. The van der Waals surface area contributed by atoms with E-state index in [2.05, 4.69) is 10.6 Å². The number of aliphatic hydroxyl groups is 1. The van der Waals surface area contributed by atoms with Gasteiger partial charge in [0.05, 0.1) is 11.7 Å².